The van der Waals surface area contributed by atoms with E-state index < -0.39 is 5.82 Å². The van der Waals surface area contributed by atoms with Crippen molar-refractivity contribution in [2.45, 2.75) is 6.42 Å². The number of benzene rings is 1. The number of rotatable bonds is 3. The summed E-state index contributed by atoms with van der Waals surface area (Å²) in [7, 11) is 0. The summed E-state index contributed by atoms with van der Waals surface area (Å²) in [6.07, 6.45) is 1.41. The van der Waals surface area contributed by atoms with Crippen LogP contribution in [0.4, 0.5) is 10.2 Å². The summed E-state index contributed by atoms with van der Waals surface area (Å²) in [6.45, 7) is 0. The first-order valence-electron chi connectivity index (χ1n) is 5.40. The predicted octanol–water partition coefficient (Wildman–Crippen LogP) is 3.82. The number of pyridine rings is 1. The molecule has 0 aliphatic rings. The van der Waals surface area contributed by atoms with E-state index in [9.17, 15) is 9.18 Å². The molecule has 98 valence electrons. The molecule has 0 saturated carbocycles. The molecule has 2 aromatic rings. The Morgan fingerprint density at radius 1 is 1.42 bits per heavy atom. The molecule has 0 saturated heterocycles. The Labute approximate surface area is 122 Å². The van der Waals surface area contributed by atoms with Crippen LogP contribution in [0.25, 0.3) is 0 Å². The summed E-state index contributed by atoms with van der Waals surface area (Å²) in [5.74, 6) is -0.448. The second kappa shape index (κ2) is 6.12. The first kappa shape index (κ1) is 14.0. The van der Waals surface area contributed by atoms with Crippen LogP contribution in [0, 0.1) is 5.82 Å². The summed E-state index contributed by atoms with van der Waals surface area (Å²) in [5.41, 5.74) is 0.314. The highest BCUT2D eigenvalue weighted by molar-refractivity contribution is 9.10. The molecule has 1 heterocycles. The number of hydrogen-bond acceptors (Lipinski definition) is 2. The monoisotopic (exact) mass is 342 g/mol. The summed E-state index contributed by atoms with van der Waals surface area (Å²) in [5, 5.41) is 3.03. The van der Waals surface area contributed by atoms with Gasteiger partial charge in [-0.25, -0.2) is 9.37 Å². The standard InChI is InChI=1S/C13H9BrClFN2O/c14-10-3-1-2-8(13(10)16)6-12(19)18-11-7-9(15)4-5-17-11/h1-5,7H,6H2,(H,17,18,19). The molecule has 19 heavy (non-hydrogen) atoms. The second-order valence-electron chi connectivity index (χ2n) is 3.80. The molecule has 0 atom stereocenters. The Morgan fingerprint density at radius 3 is 2.95 bits per heavy atom. The molecule has 3 nitrogen and oxygen atoms in total. The molecule has 1 N–H and O–H groups in total. The summed E-state index contributed by atoms with van der Waals surface area (Å²) in [4.78, 5) is 15.7. The molecule has 0 fully saturated rings. The van der Waals surface area contributed by atoms with E-state index in [0.717, 1.165) is 0 Å². The quantitative estimate of drug-likeness (QED) is 0.920. The van der Waals surface area contributed by atoms with Crippen molar-refractivity contribution < 1.29 is 9.18 Å². The number of carbonyl (C=O) groups excluding carboxylic acids is 1. The molecule has 0 bridgehead atoms. The normalized spacial score (nSPS) is 10.3. The first-order valence-corrected chi connectivity index (χ1v) is 6.57. The smallest absolute Gasteiger partial charge is 0.230 e. The highest BCUT2D eigenvalue weighted by Crippen LogP contribution is 2.19. The third kappa shape index (κ3) is 3.75. The van der Waals surface area contributed by atoms with Gasteiger partial charge in [0.05, 0.1) is 10.9 Å². The molecular weight excluding hydrogens is 335 g/mol. The minimum Gasteiger partial charge on any atom is -0.310 e. The molecule has 0 spiro atoms. The van der Waals surface area contributed by atoms with Crippen LogP contribution in [0.5, 0.6) is 0 Å². The van der Waals surface area contributed by atoms with Crippen LogP contribution in [0.15, 0.2) is 41.0 Å². The van der Waals surface area contributed by atoms with Gasteiger partial charge in [0.2, 0.25) is 5.91 Å². The Kier molecular flexibility index (Phi) is 4.50. The van der Waals surface area contributed by atoms with E-state index in [-0.39, 0.29) is 12.3 Å². The van der Waals surface area contributed by atoms with E-state index in [2.05, 4.69) is 26.2 Å². The second-order valence-corrected chi connectivity index (χ2v) is 5.09. The average molecular weight is 344 g/mol. The minimum absolute atomic E-state index is 0.0700. The molecule has 0 radical (unpaired) electrons. The van der Waals surface area contributed by atoms with E-state index in [1.54, 1.807) is 24.3 Å². The van der Waals surface area contributed by atoms with Crippen LogP contribution in [-0.4, -0.2) is 10.9 Å². The number of amides is 1. The molecular formula is C13H9BrClFN2O. The van der Waals surface area contributed by atoms with Crippen molar-refractivity contribution in [2.75, 3.05) is 5.32 Å². The fourth-order valence-corrected chi connectivity index (χ4v) is 2.09. The summed E-state index contributed by atoms with van der Waals surface area (Å²) in [6, 6.07) is 7.94. The van der Waals surface area contributed by atoms with Crippen molar-refractivity contribution in [3.05, 3.63) is 57.4 Å². The van der Waals surface area contributed by atoms with Crippen molar-refractivity contribution in [3.8, 4) is 0 Å². The number of hydrogen-bond donors (Lipinski definition) is 1. The van der Waals surface area contributed by atoms with E-state index >= 15 is 0 Å². The van der Waals surface area contributed by atoms with Gasteiger partial charge >= 0.3 is 0 Å². The summed E-state index contributed by atoms with van der Waals surface area (Å²) >= 11 is 8.85. The molecule has 0 aliphatic carbocycles. The van der Waals surface area contributed by atoms with Gasteiger partial charge in [-0.2, -0.15) is 0 Å². The molecule has 1 aromatic heterocycles. The maximum absolute atomic E-state index is 13.7. The highest BCUT2D eigenvalue weighted by Gasteiger charge is 2.11. The van der Waals surface area contributed by atoms with Gasteiger partial charge in [-0.3, -0.25) is 4.79 Å². The van der Waals surface area contributed by atoms with Crippen LogP contribution < -0.4 is 5.32 Å². The zero-order chi connectivity index (χ0) is 13.8. The van der Waals surface area contributed by atoms with Gasteiger partial charge in [-0.05, 0) is 39.7 Å². The lowest BCUT2D eigenvalue weighted by Gasteiger charge is -2.06. The van der Waals surface area contributed by atoms with E-state index in [1.165, 1.54) is 12.3 Å². The van der Waals surface area contributed by atoms with Crippen LogP contribution in [0.1, 0.15) is 5.56 Å². The zero-order valence-electron chi connectivity index (χ0n) is 9.66. The Balaban J connectivity index is 2.08. The van der Waals surface area contributed by atoms with Crippen molar-refractivity contribution in [1.82, 2.24) is 4.98 Å². The maximum atomic E-state index is 13.7. The van der Waals surface area contributed by atoms with Crippen molar-refractivity contribution in [3.63, 3.8) is 0 Å². The topological polar surface area (TPSA) is 42.0 Å². The third-order valence-corrected chi connectivity index (χ3v) is 3.22. The fraction of sp³-hybridized carbons (Fsp3) is 0.0769. The van der Waals surface area contributed by atoms with Crippen LogP contribution in [0.3, 0.4) is 0 Å². The van der Waals surface area contributed by atoms with Gasteiger partial charge in [-0.1, -0.05) is 23.7 Å². The van der Waals surface area contributed by atoms with Crippen LogP contribution in [-0.2, 0) is 11.2 Å². The molecule has 1 amide bonds. The number of nitrogens with zero attached hydrogens (tertiary/aromatic N) is 1. The lowest BCUT2D eigenvalue weighted by molar-refractivity contribution is -0.115. The Hall–Kier alpha value is -1.46. The highest BCUT2D eigenvalue weighted by atomic mass is 79.9. The van der Waals surface area contributed by atoms with Crippen LogP contribution >= 0.6 is 27.5 Å². The van der Waals surface area contributed by atoms with Gasteiger partial charge < -0.3 is 5.32 Å². The van der Waals surface area contributed by atoms with Gasteiger partial charge in [-0.15, -0.1) is 0 Å². The van der Waals surface area contributed by atoms with Crippen molar-refractivity contribution in [1.29, 1.82) is 0 Å². The lowest BCUT2D eigenvalue weighted by Crippen LogP contribution is -2.16. The molecule has 0 aliphatic heterocycles. The Bertz CT molecular complexity index is 621. The number of anilines is 1. The maximum Gasteiger partial charge on any atom is 0.230 e. The van der Waals surface area contributed by atoms with Crippen molar-refractivity contribution in [2.24, 2.45) is 0 Å². The van der Waals surface area contributed by atoms with Gasteiger partial charge in [0, 0.05) is 11.2 Å². The lowest BCUT2D eigenvalue weighted by atomic mass is 10.1. The predicted molar refractivity (Wildman–Crippen MR) is 75.7 cm³/mol. The average Bonchev–Trinajstić information content (AvgIpc) is 2.35. The number of halogens is 3. The molecule has 2 rings (SSSR count). The van der Waals surface area contributed by atoms with Crippen LogP contribution in [0.2, 0.25) is 5.02 Å². The van der Waals surface area contributed by atoms with Crippen molar-refractivity contribution >= 4 is 39.3 Å². The van der Waals surface area contributed by atoms with Gasteiger partial charge in [0.15, 0.2) is 0 Å². The largest absolute Gasteiger partial charge is 0.310 e. The summed E-state index contributed by atoms with van der Waals surface area (Å²) < 4.78 is 14.0. The number of carbonyl (C=O) groups is 1. The first-order chi connectivity index (χ1) is 9.06. The van der Waals surface area contributed by atoms with E-state index in [0.29, 0.717) is 20.9 Å². The van der Waals surface area contributed by atoms with E-state index in [4.69, 9.17) is 11.6 Å². The SMILES string of the molecule is O=C(Cc1cccc(Br)c1F)Nc1cc(Cl)ccn1. The van der Waals surface area contributed by atoms with Gasteiger partial charge in [0.1, 0.15) is 11.6 Å². The minimum atomic E-state index is -0.434. The number of aromatic nitrogens is 1. The zero-order valence-corrected chi connectivity index (χ0v) is 12.0. The molecule has 1 aromatic carbocycles. The molecule has 0 unspecified atom stereocenters. The molecule has 6 heteroatoms. The Morgan fingerprint density at radius 2 is 2.21 bits per heavy atom. The third-order valence-electron chi connectivity index (χ3n) is 2.37. The fourth-order valence-electron chi connectivity index (χ4n) is 1.52. The van der Waals surface area contributed by atoms with E-state index in [1.807, 2.05) is 0 Å². The van der Waals surface area contributed by atoms with Gasteiger partial charge in [0.25, 0.3) is 0 Å². The number of nitrogens with one attached hydrogen (secondary N) is 1.